The molecule has 1 aromatic carbocycles. The molecular formula is C12H14N2O4. The van der Waals surface area contributed by atoms with E-state index in [0.29, 0.717) is 6.61 Å². The van der Waals surface area contributed by atoms with Crippen LogP contribution in [0, 0.1) is 0 Å². The number of nitrogens with one attached hydrogen (secondary N) is 1. The van der Waals surface area contributed by atoms with E-state index in [4.69, 9.17) is 9.94 Å². The number of carbonyl (C=O) groups is 2. The van der Waals surface area contributed by atoms with Crippen LogP contribution in [0.15, 0.2) is 30.3 Å². The minimum absolute atomic E-state index is 0.140. The van der Waals surface area contributed by atoms with E-state index < -0.39 is 12.1 Å². The molecular weight excluding hydrogens is 236 g/mol. The molecule has 6 nitrogen and oxygen atoms in total. The third-order valence-corrected chi connectivity index (χ3v) is 2.64. The SMILES string of the molecule is O=C(O)NC1CC(=O)N(OCc2ccccc2)C1. The first-order valence-corrected chi connectivity index (χ1v) is 5.62. The predicted octanol–water partition coefficient (Wildman–Crippen LogP) is 0.987. The molecule has 2 N–H and O–H groups in total. The number of nitrogens with zero attached hydrogens (tertiary/aromatic N) is 1. The van der Waals surface area contributed by atoms with Crippen LogP contribution in [0.25, 0.3) is 0 Å². The molecule has 96 valence electrons. The van der Waals surface area contributed by atoms with Gasteiger partial charge in [-0.15, -0.1) is 0 Å². The van der Waals surface area contributed by atoms with Gasteiger partial charge in [0.2, 0.25) is 5.91 Å². The number of hydrogen-bond acceptors (Lipinski definition) is 3. The highest BCUT2D eigenvalue weighted by Crippen LogP contribution is 2.13. The van der Waals surface area contributed by atoms with Crippen molar-refractivity contribution < 1.29 is 19.5 Å². The first-order chi connectivity index (χ1) is 8.65. The molecule has 1 aliphatic rings. The molecule has 0 aliphatic carbocycles. The standard InChI is InChI=1S/C12H14N2O4/c15-11-6-10(13-12(16)17)7-14(11)18-8-9-4-2-1-3-5-9/h1-5,10,13H,6-8H2,(H,16,17). The predicted molar refractivity (Wildman–Crippen MR) is 62.5 cm³/mol. The lowest BCUT2D eigenvalue weighted by Gasteiger charge is -2.16. The van der Waals surface area contributed by atoms with Crippen molar-refractivity contribution in [2.75, 3.05) is 6.54 Å². The number of hydrogen-bond donors (Lipinski definition) is 2. The number of amides is 2. The van der Waals surface area contributed by atoms with Gasteiger partial charge in [0.25, 0.3) is 0 Å². The van der Waals surface area contributed by atoms with E-state index in [-0.39, 0.29) is 18.9 Å². The normalized spacial score (nSPS) is 19.0. The van der Waals surface area contributed by atoms with E-state index in [1.165, 1.54) is 5.06 Å². The van der Waals surface area contributed by atoms with Gasteiger partial charge in [0, 0.05) is 0 Å². The average molecular weight is 250 g/mol. The largest absolute Gasteiger partial charge is 0.465 e. The van der Waals surface area contributed by atoms with Gasteiger partial charge >= 0.3 is 6.09 Å². The third kappa shape index (κ3) is 3.21. The number of rotatable bonds is 4. The maximum atomic E-state index is 11.6. The van der Waals surface area contributed by atoms with Crippen LogP contribution in [-0.4, -0.2) is 34.8 Å². The van der Waals surface area contributed by atoms with Gasteiger partial charge < -0.3 is 10.4 Å². The zero-order chi connectivity index (χ0) is 13.0. The fraction of sp³-hybridized carbons (Fsp3) is 0.333. The summed E-state index contributed by atoms with van der Waals surface area (Å²) in [5, 5.41) is 12.1. The minimum atomic E-state index is -1.13. The first-order valence-electron chi connectivity index (χ1n) is 5.62. The fourth-order valence-corrected chi connectivity index (χ4v) is 1.80. The number of carboxylic acid groups (broad SMARTS) is 1. The van der Waals surface area contributed by atoms with E-state index in [9.17, 15) is 9.59 Å². The van der Waals surface area contributed by atoms with Crippen molar-refractivity contribution in [2.45, 2.75) is 19.1 Å². The van der Waals surface area contributed by atoms with Crippen molar-refractivity contribution in [2.24, 2.45) is 0 Å². The summed E-state index contributed by atoms with van der Waals surface area (Å²) in [6.45, 7) is 0.546. The van der Waals surface area contributed by atoms with Gasteiger partial charge in [-0.25, -0.2) is 9.86 Å². The van der Waals surface area contributed by atoms with Crippen molar-refractivity contribution >= 4 is 12.0 Å². The Bertz CT molecular complexity index is 435. The highest BCUT2D eigenvalue weighted by atomic mass is 16.7. The van der Waals surface area contributed by atoms with Gasteiger partial charge in [0.1, 0.15) is 6.61 Å². The van der Waals surface area contributed by atoms with Crippen molar-refractivity contribution in [1.29, 1.82) is 0 Å². The molecule has 1 fully saturated rings. The summed E-state index contributed by atoms with van der Waals surface area (Å²) >= 11 is 0. The van der Waals surface area contributed by atoms with Gasteiger partial charge in [-0.1, -0.05) is 30.3 Å². The zero-order valence-electron chi connectivity index (χ0n) is 9.70. The molecule has 18 heavy (non-hydrogen) atoms. The highest BCUT2D eigenvalue weighted by molar-refractivity contribution is 5.79. The molecule has 1 unspecified atom stereocenters. The van der Waals surface area contributed by atoms with Gasteiger partial charge in [-0.3, -0.25) is 9.63 Å². The van der Waals surface area contributed by atoms with Crippen LogP contribution < -0.4 is 5.32 Å². The van der Waals surface area contributed by atoms with Crippen molar-refractivity contribution in [3.8, 4) is 0 Å². The second kappa shape index (κ2) is 5.50. The molecule has 2 amide bonds. The molecule has 6 heteroatoms. The lowest BCUT2D eigenvalue weighted by molar-refractivity contribution is -0.182. The summed E-state index contributed by atoms with van der Waals surface area (Å²) < 4.78 is 0. The summed E-state index contributed by atoms with van der Waals surface area (Å²) in [5.74, 6) is -0.204. The average Bonchev–Trinajstić information content (AvgIpc) is 2.67. The molecule has 0 saturated carbocycles. The topological polar surface area (TPSA) is 78.9 Å². The molecule has 0 spiro atoms. The monoisotopic (exact) mass is 250 g/mol. The maximum Gasteiger partial charge on any atom is 0.404 e. The Kier molecular flexibility index (Phi) is 3.78. The van der Waals surface area contributed by atoms with Crippen LogP contribution in [0.4, 0.5) is 4.79 Å². The van der Waals surface area contributed by atoms with Gasteiger partial charge in [0.15, 0.2) is 0 Å². The van der Waals surface area contributed by atoms with Crippen molar-refractivity contribution in [3.05, 3.63) is 35.9 Å². The number of hydroxylamine groups is 2. The van der Waals surface area contributed by atoms with Gasteiger partial charge in [-0.05, 0) is 5.56 Å². The molecule has 0 bridgehead atoms. The van der Waals surface area contributed by atoms with Crippen molar-refractivity contribution in [3.63, 3.8) is 0 Å². The molecule has 1 saturated heterocycles. The Morgan fingerprint density at radius 1 is 1.44 bits per heavy atom. The quantitative estimate of drug-likeness (QED) is 0.835. The lowest BCUT2D eigenvalue weighted by Crippen LogP contribution is -2.36. The summed E-state index contributed by atoms with van der Waals surface area (Å²) in [7, 11) is 0. The molecule has 0 radical (unpaired) electrons. The Labute approximate surface area is 104 Å². The van der Waals surface area contributed by atoms with Crippen LogP contribution in [0.5, 0.6) is 0 Å². The second-order valence-corrected chi connectivity index (χ2v) is 4.06. The number of carbonyl (C=O) groups excluding carboxylic acids is 1. The molecule has 1 aliphatic heterocycles. The van der Waals surface area contributed by atoms with Crippen LogP contribution in [0.1, 0.15) is 12.0 Å². The minimum Gasteiger partial charge on any atom is -0.465 e. The third-order valence-electron chi connectivity index (χ3n) is 2.64. The first kappa shape index (κ1) is 12.4. The maximum absolute atomic E-state index is 11.6. The van der Waals surface area contributed by atoms with Crippen LogP contribution >= 0.6 is 0 Å². The Balaban J connectivity index is 1.83. The van der Waals surface area contributed by atoms with E-state index in [1.807, 2.05) is 30.3 Å². The van der Waals surface area contributed by atoms with E-state index >= 15 is 0 Å². The second-order valence-electron chi connectivity index (χ2n) is 4.06. The number of benzene rings is 1. The molecule has 0 aromatic heterocycles. The molecule has 1 aromatic rings. The summed E-state index contributed by atoms with van der Waals surface area (Å²) in [6, 6.07) is 9.07. The molecule has 1 atom stereocenters. The van der Waals surface area contributed by atoms with E-state index in [2.05, 4.69) is 5.32 Å². The smallest absolute Gasteiger partial charge is 0.404 e. The van der Waals surface area contributed by atoms with E-state index in [0.717, 1.165) is 5.56 Å². The Morgan fingerprint density at radius 3 is 2.83 bits per heavy atom. The highest BCUT2D eigenvalue weighted by Gasteiger charge is 2.31. The fourth-order valence-electron chi connectivity index (χ4n) is 1.80. The van der Waals surface area contributed by atoms with Gasteiger partial charge in [0.05, 0.1) is 19.0 Å². The van der Waals surface area contributed by atoms with Crippen LogP contribution in [-0.2, 0) is 16.2 Å². The molecule has 2 rings (SSSR count). The summed E-state index contributed by atoms with van der Waals surface area (Å²) in [4.78, 5) is 27.4. The van der Waals surface area contributed by atoms with Crippen molar-refractivity contribution in [1.82, 2.24) is 10.4 Å². The summed E-state index contributed by atoms with van der Waals surface area (Å²) in [5.41, 5.74) is 0.958. The zero-order valence-corrected chi connectivity index (χ0v) is 9.70. The molecule has 1 heterocycles. The van der Waals surface area contributed by atoms with Crippen LogP contribution in [0.3, 0.4) is 0 Å². The Morgan fingerprint density at radius 2 is 2.17 bits per heavy atom. The Hall–Kier alpha value is -2.08. The van der Waals surface area contributed by atoms with E-state index in [1.54, 1.807) is 0 Å². The van der Waals surface area contributed by atoms with Crippen LogP contribution in [0.2, 0.25) is 0 Å². The van der Waals surface area contributed by atoms with Gasteiger partial charge in [-0.2, -0.15) is 0 Å². The lowest BCUT2D eigenvalue weighted by atomic mass is 10.2. The summed E-state index contributed by atoms with van der Waals surface area (Å²) in [6.07, 6.45) is -0.987.